The van der Waals surface area contributed by atoms with Gasteiger partial charge in [-0.3, -0.25) is 5.41 Å². The number of rotatable bonds is 2. The number of benzene rings is 2. The smallest absolute Gasteiger partial charge is 0.123 e. The van der Waals surface area contributed by atoms with Crippen molar-refractivity contribution in [3.05, 3.63) is 58.7 Å². The standard InChI is InChI=1S/C18H21N3/c1-12-5-8-17-14(10-12)4-3-9-21(17)15-6-7-16(18(19)20)13(2)11-15/h5-8,10-11H,3-4,9H2,1-2H3,(H3,19,20). The lowest BCUT2D eigenvalue weighted by atomic mass is 9.98. The van der Waals surface area contributed by atoms with Gasteiger partial charge < -0.3 is 10.6 Å². The van der Waals surface area contributed by atoms with Gasteiger partial charge in [0.05, 0.1) is 0 Å². The van der Waals surface area contributed by atoms with Gasteiger partial charge in [0.1, 0.15) is 5.84 Å². The van der Waals surface area contributed by atoms with Crippen LogP contribution in [0.2, 0.25) is 0 Å². The SMILES string of the molecule is Cc1ccc2c(c1)CCCN2c1ccc(C(=N)N)c(C)c1. The number of nitrogens with two attached hydrogens (primary N) is 1. The van der Waals surface area contributed by atoms with Gasteiger partial charge in [-0.1, -0.05) is 17.7 Å². The minimum absolute atomic E-state index is 0.133. The molecule has 2 aromatic rings. The number of nitrogens with one attached hydrogen (secondary N) is 1. The fourth-order valence-electron chi connectivity index (χ4n) is 3.11. The van der Waals surface area contributed by atoms with Gasteiger partial charge in [0.2, 0.25) is 0 Å². The van der Waals surface area contributed by atoms with Crippen molar-refractivity contribution >= 4 is 17.2 Å². The summed E-state index contributed by atoms with van der Waals surface area (Å²) in [4.78, 5) is 2.37. The van der Waals surface area contributed by atoms with E-state index in [1.54, 1.807) is 0 Å². The molecule has 1 aliphatic heterocycles. The highest BCUT2D eigenvalue weighted by Gasteiger charge is 2.18. The van der Waals surface area contributed by atoms with E-state index in [2.05, 4.69) is 42.2 Å². The molecule has 0 spiro atoms. The van der Waals surface area contributed by atoms with E-state index in [0.29, 0.717) is 0 Å². The van der Waals surface area contributed by atoms with Gasteiger partial charge in [-0.05, 0) is 62.1 Å². The van der Waals surface area contributed by atoms with Crippen molar-refractivity contribution in [1.82, 2.24) is 0 Å². The van der Waals surface area contributed by atoms with E-state index < -0.39 is 0 Å². The van der Waals surface area contributed by atoms with E-state index in [-0.39, 0.29) is 5.84 Å². The second-order valence-corrected chi connectivity index (χ2v) is 5.80. The lowest BCUT2D eigenvalue weighted by Crippen LogP contribution is -2.25. The summed E-state index contributed by atoms with van der Waals surface area (Å²) in [7, 11) is 0. The van der Waals surface area contributed by atoms with Crippen LogP contribution < -0.4 is 10.6 Å². The number of nitrogen functional groups attached to an aromatic ring is 1. The minimum Gasteiger partial charge on any atom is -0.384 e. The first kappa shape index (κ1) is 13.7. The summed E-state index contributed by atoms with van der Waals surface area (Å²) in [5, 5.41) is 7.60. The van der Waals surface area contributed by atoms with Crippen molar-refractivity contribution in [2.75, 3.05) is 11.4 Å². The van der Waals surface area contributed by atoms with Crippen molar-refractivity contribution in [3.63, 3.8) is 0 Å². The molecular formula is C18H21N3. The first-order valence-electron chi connectivity index (χ1n) is 7.38. The van der Waals surface area contributed by atoms with Crippen LogP contribution in [0, 0.1) is 19.3 Å². The van der Waals surface area contributed by atoms with Crippen molar-refractivity contribution in [3.8, 4) is 0 Å². The first-order valence-corrected chi connectivity index (χ1v) is 7.38. The third-order valence-corrected chi connectivity index (χ3v) is 4.17. The predicted molar refractivity (Wildman–Crippen MR) is 88.7 cm³/mol. The van der Waals surface area contributed by atoms with Crippen LogP contribution in [0.25, 0.3) is 0 Å². The van der Waals surface area contributed by atoms with E-state index in [0.717, 1.165) is 24.1 Å². The Labute approximate surface area is 125 Å². The van der Waals surface area contributed by atoms with Crippen LogP contribution in [0.1, 0.15) is 28.7 Å². The summed E-state index contributed by atoms with van der Waals surface area (Å²) in [6.07, 6.45) is 2.32. The number of amidine groups is 1. The molecule has 2 aromatic carbocycles. The van der Waals surface area contributed by atoms with Gasteiger partial charge in [-0.25, -0.2) is 0 Å². The van der Waals surface area contributed by atoms with Gasteiger partial charge in [0.15, 0.2) is 0 Å². The Morgan fingerprint density at radius 3 is 2.67 bits per heavy atom. The molecule has 0 aromatic heterocycles. The van der Waals surface area contributed by atoms with E-state index >= 15 is 0 Å². The molecule has 3 N–H and O–H groups in total. The summed E-state index contributed by atoms with van der Waals surface area (Å²) >= 11 is 0. The summed E-state index contributed by atoms with van der Waals surface area (Å²) in [5.41, 5.74) is 12.7. The molecule has 3 heteroatoms. The van der Waals surface area contributed by atoms with Crippen LogP contribution in [0.15, 0.2) is 36.4 Å². The number of aryl methyl sites for hydroxylation is 3. The third-order valence-electron chi connectivity index (χ3n) is 4.17. The average molecular weight is 279 g/mol. The number of nitrogens with zero attached hydrogens (tertiary/aromatic N) is 1. The molecular weight excluding hydrogens is 258 g/mol. The maximum absolute atomic E-state index is 7.60. The summed E-state index contributed by atoms with van der Waals surface area (Å²) in [5.74, 6) is 0.133. The molecule has 1 aliphatic rings. The number of hydrogen-bond donors (Lipinski definition) is 2. The Kier molecular flexibility index (Phi) is 3.42. The maximum Gasteiger partial charge on any atom is 0.123 e. The number of hydrogen-bond acceptors (Lipinski definition) is 2. The Hall–Kier alpha value is -2.29. The van der Waals surface area contributed by atoms with Gasteiger partial charge in [-0.15, -0.1) is 0 Å². The topological polar surface area (TPSA) is 53.1 Å². The van der Waals surface area contributed by atoms with Crippen molar-refractivity contribution in [2.45, 2.75) is 26.7 Å². The summed E-state index contributed by atoms with van der Waals surface area (Å²) < 4.78 is 0. The van der Waals surface area contributed by atoms with Crippen LogP contribution in [0.5, 0.6) is 0 Å². The largest absolute Gasteiger partial charge is 0.384 e. The highest BCUT2D eigenvalue weighted by atomic mass is 15.1. The zero-order chi connectivity index (χ0) is 15.0. The molecule has 21 heavy (non-hydrogen) atoms. The molecule has 3 rings (SSSR count). The lowest BCUT2D eigenvalue weighted by molar-refractivity contribution is 0.766. The highest BCUT2D eigenvalue weighted by molar-refractivity contribution is 5.96. The number of fused-ring (bicyclic) bond motifs is 1. The second kappa shape index (κ2) is 5.24. The summed E-state index contributed by atoms with van der Waals surface area (Å²) in [6, 6.07) is 12.8. The zero-order valence-corrected chi connectivity index (χ0v) is 12.6. The molecule has 0 amide bonds. The molecule has 1 heterocycles. The van der Waals surface area contributed by atoms with E-state index in [1.165, 1.54) is 28.9 Å². The third kappa shape index (κ3) is 2.51. The van der Waals surface area contributed by atoms with Crippen LogP contribution in [-0.2, 0) is 6.42 Å². The van der Waals surface area contributed by atoms with E-state index in [4.69, 9.17) is 11.1 Å². The Morgan fingerprint density at radius 1 is 1.14 bits per heavy atom. The molecule has 108 valence electrons. The van der Waals surface area contributed by atoms with Gasteiger partial charge in [0, 0.05) is 23.5 Å². The van der Waals surface area contributed by atoms with Crippen LogP contribution in [-0.4, -0.2) is 12.4 Å². The quantitative estimate of drug-likeness (QED) is 0.651. The molecule has 3 nitrogen and oxygen atoms in total. The molecule has 0 saturated heterocycles. The summed E-state index contributed by atoms with van der Waals surface area (Å²) in [6.45, 7) is 5.19. The molecule has 0 bridgehead atoms. The van der Waals surface area contributed by atoms with E-state index in [1.807, 2.05) is 13.0 Å². The Morgan fingerprint density at radius 2 is 1.95 bits per heavy atom. The fourth-order valence-corrected chi connectivity index (χ4v) is 3.11. The normalized spacial score (nSPS) is 13.9. The lowest BCUT2D eigenvalue weighted by Gasteiger charge is -2.32. The molecule has 0 saturated carbocycles. The average Bonchev–Trinajstić information content (AvgIpc) is 2.45. The highest BCUT2D eigenvalue weighted by Crippen LogP contribution is 2.34. The fraction of sp³-hybridized carbons (Fsp3) is 0.278. The predicted octanol–water partition coefficient (Wildman–Crippen LogP) is 3.67. The van der Waals surface area contributed by atoms with Crippen LogP contribution >= 0.6 is 0 Å². The molecule has 0 atom stereocenters. The Balaban J connectivity index is 2.03. The monoisotopic (exact) mass is 279 g/mol. The molecule has 0 aliphatic carbocycles. The van der Waals surface area contributed by atoms with Gasteiger partial charge in [0.25, 0.3) is 0 Å². The van der Waals surface area contributed by atoms with E-state index in [9.17, 15) is 0 Å². The number of anilines is 2. The maximum atomic E-state index is 7.60. The van der Waals surface area contributed by atoms with Crippen molar-refractivity contribution in [2.24, 2.45) is 5.73 Å². The van der Waals surface area contributed by atoms with Gasteiger partial charge >= 0.3 is 0 Å². The van der Waals surface area contributed by atoms with Crippen molar-refractivity contribution < 1.29 is 0 Å². The van der Waals surface area contributed by atoms with Gasteiger partial charge in [-0.2, -0.15) is 0 Å². The minimum atomic E-state index is 0.133. The van der Waals surface area contributed by atoms with Crippen LogP contribution in [0.4, 0.5) is 11.4 Å². The molecule has 0 unspecified atom stereocenters. The molecule has 0 radical (unpaired) electrons. The Bertz CT molecular complexity index is 704. The second-order valence-electron chi connectivity index (χ2n) is 5.80. The van der Waals surface area contributed by atoms with Crippen LogP contribution in [0.3, 0.4) is 0 Å². The first-order chi connectivity index (χ1) is 10.1. The van der Waals surface area contributed by atoms with Crippen molar-refractivity contribution in [1.29, 1.82) is 5.41 Å². The zero-order valence-electron chi connectivity index (χ0n) is 12.6. The molecule has 0 fully saturated rings.